The molecule has 9 heteroatoms. The quantitative estimate of drug-likeness (QED) is 0.561. The molecule has 162 valence electrons. The van der Waals surface area contributed by atoms with Gasteiger partial charge in [0.15, 0.2) is 0 Å². The van der Waals surface area contributed by atoms with E-state index in [1.54, 1.807) is 25.7 Å². The molecule has 1 aliphatic heterocycles. The number of benzene rings is 1. The van der Waals surface area contributed by atoms with Crippen LogP contribution in [0.2, 0.25) is 0 Å². The van der Waals surface area contributed by atoms with Gasteiger partial charge in [-0.1, -0.05) is 19.0 Å². The highest BCUT2D eigenvalue weighted by molar-refractivity contribution is 5.94. The molecule has 0 saturated heterocycles. The molecule has 2 heterocycles. The van der Waals surface area contributed by atoms with E-state index in [2.05, 4.69) is 15.1 Å². The summed E-state index contributed by atoms with van der Waals surface area (Å²) in [5.74, 6) is 0.868. The smallest absolute Gasteiger partial charge is 0.228 e. The summed E-state index contributed by atoms with van der Waals surface area (Å²) in [6.45, 7) is 7.82. The average Bonchev–Trinajstić information content (AvgIpc) is 3.14. The number of rotatable bonds is 6. The van der Waals surface area contributed by atoms with Gasteiger partial charge in [-0.3, -0.25) is 9.79 Å². The van der Waals surface area contributed by atoms with Gasteiger partial charge in [0, 0.05) is 55.7 Å². The van der Waals surface area contributed by atoms with Gasteiger partial charge in [0.1, 0.15) is 6.08 Å². The highest BCUT2D eigenvalue weighted by Gasteiger charge is 2.32. The summed E-state index contributed by atoms with van der Waals surface area (Å²) in [5, 5.41) is 16.0. The van der Waals surface area contributed by atoms with E-state index in [4.69, 9.17) is 15.0 Å². The van der Waals surface area contributed by atoms with Gasteiger partial charge in [-0.25, -0.2) is 0 Å². The molecule has 0 fully saturated rings. The van der Waals surface area contributed by atoms with Crippen LogP contribution in [0.1, 0.15) is 51.5 Å². The number of amides is 1. The lowest BCUT2D eigenvalue weighted by atomic mass is 9.85. The summed E-state index contributed by atoms with van der Waals surface area (Å²) in [7, 11) is 0. The SMILES string of the molecule is CC(=O)N1c2ccc(-c3noc(CCN)n3)cc2[C@H](CN=C([O-])OC(C)C)C[C@@H]1C. The van der Waals surface area contributed by atoms with Gasteiger partial charge in [-0.05, 0) is 37.1 Å². The van der Waals surface area contributed by atoms with Crippen molar-refractivity contribution in [3.05, 3.63) is 29.7 Å². The Morgan fingerprint density at radius 1 is 1.47 bits per heavy atom. The second-order valence-electron chi connectivity index (χ2n) is 7.77. The number of hydrogen-bond donors (Lipinski definition) is 1. The third-order valence-electron chi connectivity index (χ3n) is 4.99. The predicted molar refractivity (Wildman–Crippen MR) is 111 cm³/mol. The minimum absolute atomic E-state index is 0.0106. The molecule has 0 saturated carbocycles. The molecule has 1 aromatic heterocycles. The molecule has 9 nitrogen and oxygen atoms in total. The molecular formula is C21H28N5O4-. The molecule has 2 atom stereocenters. The van der Waals surface area contributed by atoms with Crippen molar-refractivity contribution < 1.29 is 19.2 Å². The van der Waals surface area contributed by atoms with Gasteiger partial charge >= 0.3 is 0 Å². The summed E-state index contributed by atoms with van der Waals surface area (Å²) in [6.07, 6.45) is 0.389. The van der Waals surface area contributed by atoms with Crippen molar-refractivity contribution >= 4 is 17.7 Å². The van der Waals surface area contributed by atoms with Crippen LogP contribution >= 0.6 is 0 Å². The van der Waals surface area contributed by atoms with Crippen LogP contribution in [0.4, 0.5) is 5.69 Å². The fourth-order valence-electron chi connectivity index (χ4n) is 3.80. The average molecular weight is 414 g/mol. The van der Waals surface area contributed by atoms with Gasteiger partial charge in [0.25, 0.3) is 0 Å². The van der Waals surface area contributed by atoms with Crippen LogP contribution in [0, 0.1) is 0 Å². The fourth-order valence-corrected chi connectivity index (χ4v) is 3.80. The number of carbonyl (C=O) groups is 1. The summed E-state index contributed by atoms with van der Waals surface area (Å²) in [6, 6.07) is 5.69. The third kappa shape index (κ3) is 4.79. The summed E-state index contributed by atoms with van der Waals surface area (Å²) in [5.41, 5.74) is 8.06. The minimum Gasteiger partial charge on any atom is -0.598 e. The van der Waals surface area contributed by atoms with E-state index in [0.717, 1.165) is 16.8 Å². The molecule has 0 aliphatic carbocycles. The first-order chi connectivity index (χ1) is 14.3. The second-order valence-corrected chi connectivity index (χ2v) is 7.77. The maximum Gasteiger partial charge on any atom is 0.228 e. The van der Waals surface area contributed by atoms with Crippen LogP contribution < -0.4 is 15.7 Å². The molecule has 30 heavy (non-hydrogen) atoms. The van der Waals surface area contributed by atoms with Crippen molar-refractivity contribution in [2.45, 2.75) is 58.6 Å². The first kappa shape index (κ1) is 21.8. The van der Waals surface area contributed by atoms with Crippen LogP contribution in [0.5, 0.6) is 0 Å². The second kappa shape index (κ2) is 9.25. The zero-order valence-electron chi connectivity index (χ0n) is 17.8. The standard InChI is InChI=1S/C21H29N5O4/c1-12(2)29-21(28)23-11-16-9-13(3)26(14(4)27)18-6-5-15(10-17(16)18)20-24-19(7-8-22)30-25-20/h5-6,10,12-13,16H,7-9,11,22H2,1-4H3,(H,23,28)/p-1/t13-,16-/m0/s1. The number of carbonyl (C=O) groups excluding carboxylic acids is 1. The molecule has 1 amide bonds. The number of aliphatic imine (C=N–C) groups is 1. The highest BCUT2D eigenvalue weighted by atomic mass is 16.6. The van der Waals surface area contributed by atoms with Gasteiger partial charge in [0.2, 0.25) is 17.6 Å². The van der Waals surface area contributed by atoms with E-state index in [1.165, 1.54) is 0 Å². The number of nitrogens with two attached hydrogens (primary N) is 1. The van der Waals surface area contributed by atoms with E-state index in [-0.39, 0.29) is 30.5 Å². The Hall–Kier alpha value is -2.94. The lowest BCUT2D eigenvalue weighted by molar-refractivity contribution is -0.254. The molecular weight excluding hydrogens is 386 g/mol. The van der Waals surface area contributed by atoms with Gasteiger partial charge < -0.3 is 25.0 Å². The zero-order valence-corrected chi connectivity index (χ0v) is 17.8. The molecule has 3 rings (SSSR count). The predicted octanol–water partition coefficient (Wildman–Crippen LogP) is 1.61. The van der Waals surface area contributed by atoms with Crippen molar-refractivity contribution in [3.8, 4) is 11.4 Å². The number of ether oxygens (including phenoxy) is 1. The Morgan fingerprint density at radius 3 is 2.90 bits per heavy atom. The maximum absolute atomic E-state index is 12.3. The molecule has 0 unspecified atom stereocenters. The van der Waals surface area contributed by atoms with Crippen molar-refractivity contribution in [2.24, 2.45) is 10.7 Å². The van der Waals surface area contributed by atoms with E-state index in [1.807, 2.05) is 25.1 Å². The molecule has 0 spiro atoms. The Kier molecular flexibility index (Phi) is 6.71. The van der Waals surface area contributed by atoms with Crippen molar-refractivity contribution in [2.75, 3.05) is 18.0 Å². The van der Waals surface area contributed by atoms with Gasteiger partial charge in [0.05, 0.1) is 0 Å². The first-order valence-electron chi connectivity index (χ1n) is 10.1. The number of nitrogens with zero attached hydrogens (tertiary/aromatic N) is 4. The van der Waals surface area contributed by atoms with Crippen LogP contribution in [-0.4, -0.2) is 47.4 Å². The van der Waals surface area contributed by atoms with Crippen LogP contribution in [0.25, 0.3) is 11.4 Å². The number of aromatic nitrogens is 2. The van der Waals surface area contributed by atoms with E-state index < -0.39 is 6.08 Å². The first-order valence-corrected chi connectivity index (χ1v) is 10.1. The van der Waals surface area contributed by atoms with Crippen LogP contribution in [-0.2, 0) is 16.0 Å². The molecule has 1 aromatic carbocycles. The fraction of sp³-hybridized carbons (Fsp3) is 0.524. The highest BCUT2D eigenvalue weighted by Crippen LogP contribution is 2.40. The largest absolute Gasteiger partial charge is 0.598 e. The normalized spacial score (nSPS) is 19.1. The molecule has 1 aliphatic rings. The lowest BCUT2D eigenvalue weighted by Gasteiger charge is -2.39. The van der Waals surface area contributed by atoms with Crippen molar-refractivity contribution in [1.82, 2.24) is 10.1 Å². The van der Waals surface area contributed by atoms with Gasteiger partial charge in [-0.2, -0.15) is 4.98 Å². The topological polar surface area (TPSA) is 130 Å². The van der Waals surface area contributed by atoms with Crippen molar-refractivity contribution in [1.29, 1.82) is 0 Å². The Morgan fingerprint density at radius 2 is 2.23 bits per heavy atom. The third-order valence-corrected chi connectivity index (χ3v) is 4.99. The molecule has 0 radical (unpaired) electrons. The Bertz CT molecular complexity index is 924. The number of fused-ring (bicyclic) bond motifs is 1. The Balaban J connectivity index is 1.97. The van der Waals surface area contributed by atoms with Crippen LogP contribution in [0.3, 0.4) is 0 Å². The Labute approximate surface area is 175 Å². The van der Waals surface area contributed by atoms with E-state index in [9.17, 15) is 9.90 Å². The van der Waals surface area contributed by atoms with Crippen LogP contribution in [0.15, 0.2) is 27.7 Å². The summed E-state index contributed by atoms with van der Waals surface area (Å²) in [4.78, 5) is 22.5. The summed E-state index contributed by atoms with van der Waals surface area (Å²) >= 11 is 0. The summed E-state index contributed by atoms with van der Waals surface area (Å²) < 4.78 is 10.4. The van der Waals surface area contributed by atoms with E-state index >= 15 is 0 Å². The number of anilines is 1. The monoisotopic (exact) mass is 414 g/mol. The molecule has 0 bridgehead atoms. The minimum atomic E-state index is -0.575. The lowest BCUT2D eigenvalue weighted by Crippen LogP contribution is -2.42. The molecule has 2 aromatic rings. The van der Waals surface area contributed by atoms with Gasteiger partial charge in [-0.15, -0.1) is 0 Å². The van der Waals surface area contributed by atoms with E-state index in [0.29, 0.717) is 31.1 Å². The maximum atomic E-state index is 12.3. The number of hydrogen-bond acceptors (Lipinski definition) is 8. The molecule has 2 N–H and O–H groups in total. The zero-order chi connectivity index (χ0) is 21.8. The van der Waals surface area contributed by atoms with Crippen molar-refractivity contribution in [3.63, 3.8) is 0 Å².